The molecule has 3 fully saturated rings. The molecule has 2 N–H and O–H groups in total. The highest BCUT2D eigenvalue weighted by Crippen LogP contribution is 2.37. The quantitative estimate of drug-likeness (QED) is 0.787. The van der Waals surface area contributed by atoms with Crippen molar-refractivity contribution in [2.75, 3.05) is 26.2 Å². The maximum absolute atomic E-state index is 12.2. The summed E-state index contributed by atoms with van der Waals surface area (Å²) < 4.78 is 0. The first-order valence-electron chi connectivity index (χ1n) is 8.83. The van der Waals surface area contributed by atoms with E-state index in [1.807, 2.05) is 0 Å². The van der Waals surface area contributed by atoms with Crippen LogP contribution in [-0.2, 0) is 4.79 Å². The zero-order valence-corrected chi connectivity index (χ0v) is 13.1. The van der Waals surface area contributed by atoms with Gasteiger partial charge in [-0.25, -0.2) is 0 Å². The molecule has 0 radical (unpaired) electrons. The number of nitrogens with one attached hydrogen (secondary N) is 1. The number of aliphatic hydroxyl groups excluding tert-OH is 1. The summed E-state index contributed by atoms with van der Waals surface area (Å²) in [6.45, 7) is 3.13. The van der Waals surface area contributed by atoms with E-state index < -0.39 is 0 Å². The van der Waals surface area contributed by atoms with Gasteiger partial charge in [-0.05, 0) is 44.4 Å². The fourth-order valence-corrected chi connectivity index (χ4v) is 3.92. The van der Waals surface area contributed by atoms with Crippen LogP contribution in [-0.4, -0.2) is 48.2 Å². The van der Waals surface area contributed by atoms with E-state index in [-0.39, 0.29) is 5.41 Å². The Labute approximate surface area is 128 Å². The fraction of sp³-hybridized carbons (Fsp3) is 0.941. The van der Waals surface area contributed by atoms with E-state index in [4.69, 9.17) is 0 Å². The summed E-state index contributed by atoms with van der Waals surface area (Å²) in [6, 6.07) is 0.446. The van der Waals surface area contributed by atoms with E-state index in [1.165, 1.54) is 25.7 Å². The van der Waals surface area contributed by atoms with Gasteiger partial charge in [-0.2, -0.15) is 0 Å². The van der Waals surface area contributed by atoms with E-state index in [0.717, 1.165) is 51.2 Å². The zero-order valence-electron chi connectivity index (χ0n) is 13.1. The lowest BCUT2D eigenvalue weighted by atomic mass is 9.87. The molecule has 0 aromatic heterocycles. The van der Waals surface area contributed by atoms with E-state index >= 15 is 0 Å². The molecule has 1 aliphatic heterocycles. The van der Waals surface area contributed by atoms with Crippen LogP contribution in [0.2, 0.25) is 0 Å². The first-order valence-corrected chi connectivity index (χ1v) is 8.83. The Morgan fingerprint density at radius 2 is 1.95 bits per heavy atom. The predicted molar refractivity (Wildman–Crippen MR) is 82.9 cm³/mol. The number of carbonyl (C=O) groups is 1. The van der Waals surface area contributed by atoms with E-state index in [0.29, 0.717) is 25.0 Å². The molecule has 0 spiro atoms. The van der Waals surface area contributed by atoms with E-state index in [9.17, 15) is 9.90 Å². The molecule has 0 bridgehead atoms. The minimum atomic E-state index is 0.115. The third kappa shape index (κ3) is 3.98. The van der Waals surface area contributed by atoms with Gasteiger partial charge in [0, 0.05) is 44.1 Å². The highest BCUT2D eigenvalue weighted by atomic mass is 16.3. The summed E-state index contributed by atoms with van der Waals surface area (Å²) >= 11 is 0. The Hall–Kier alpha value is -0.610. The third-order valence-electron chi connectivity index (χ3n) is 5.75. The molecule has 2 aliphatic carbocycles. The fourth-order valence-electron chi connectivity index (χ4n) is 3.92. The minimum absolute atomic E-state index is 0.115. The molecule has 2 saturated carbocycles. The summed E-state index contributed by atoms with van der Waals surface area (Å²) in [5.41, 5.74) is 0.115. The molecular weight excluding hydrogens is 264 g/mol. The number of aliphatic hydroxyl groups is 1. The third-order valence-corrected chi connectivity index (χ3v) is 5.75. The Balaban J connectivity index is 1.46. The molecule has 1 heterocycles. The van der Waals surface area contributed by atoms with Gasteiger partial charge in [0.15, 0.2) is 0 Å². The van der Waals surface area contributed by atoms with Crippen molar-refractivity contribution in [3.05, 3.63) is 0 Å². The molecule has 3 rings (SSSR count). The van der Waals surface area contributed by atoms with Crippen LogP contribution in [0.25, 0.3) is 0 Å². The number of likely N-dealkylation sites (tertiary alicyclic amines) is 1. The van der Waals surface area contributed by atoms with Crippen LogP contribution in [0.15, 0.2) is 0 Å². The maximum Gasteiger partial charge on any atom is 0.222 e. The average Bonchev–Trinajstić information content (AvgIpc) is 3.23. The molecule has 21 heavy (non-hydrogen) atoms. The van der Waals surface area contributed by atoms with Crippen LogP contribution in [0.1, 0.15) is 57.8 Å². The lowest BCUT2D eigenvalue weighted by Gasteiger charge is -2.29. The number of nitrogens with zero attached hydrogens (tertiary/aromatic N) is 1. The van der Waals surface area contributed by atoms with Gasteiger partial charge in [0.2, 0.25) is 5.91 Å². The topological polar surface area (TPSA) is 52.6 Å². The number of carbonyl (C=O) groups excluding carboxylic acids is 1. The largest absolute Gasteiger partial charge is 0.396 e. The summed E-state index contributed by atoms with van der Waals surface area (Å²) in [7, 11) is 0. The molecule has 0 aromatic carbocycles. The van der Waals surface area contributed by atoms with Gasteiger partial charge in [0.1, 0.15) is 0 Å². The van der Waals surface area contributed by atoms with Crippen LogP contribution in [0.3, 0.4) is 0 Å². The highest BCUT2D eigenvalue weighted by molar-refractivity contribution is 5.76. The Kier molecular flexibility index (Phi) is 4.85. The van der Waals surface area contributed by atoms with Crippen molar-refractivity contribution in [3.63, 3.8) is 0 Å². The first kappa shape index (κ1) is 15.3. The zero-order chi connectivity index (χ0) is 14.7. The van der Waals surface area contributed by atoms with Gasteiger partial charge < -0.3 is 15.3 Å². The smallest absolute Gasteiger partial charge is 0.222 e. The van der Waals surface area contributed by atoms with Crippen molar-refractivity contribution in [2.45, 2.75) is 63.8 Å². The highest BCUT2D eigenvalue weighted by Gasteiger charge is 2.34. The van der Waals surface area contributed by atoms with Crippen molar-refractivity contribution in [2.24, 2.45) is 11.3 Å². The second-order valence-corrected chi connectivity index (χ2v) is 7.55. The van der Waals surface area contributed by atoms with Crippen molar-refractivity contribution >= 4 is 5.91 Å². The summed E-state index contributed by atoms with van der Waals surface area (Å²) in [5, 5.41) is 13.4. The van der Waals surface area contributed by atoms with Crippen molar-refractivity contribution < 1.29 is 9.90 Å². The number of hydrogen-bond donors (Lipinski definition) is 2. The lowest BCUT2D eigenvalue weighted by Crippen LogP contribution is -2.41. The van der Waals surface area contributed by atoms with Gasteiger partial charge in [0.25, 0.3) is 0 Å². The van der Waals surface area contributed by atoms with Crippen molar-refractivity contribution in [3.8, 4) is 0 Å². The summed E-state index contributed by atoms with van der Waals surface area (Å²) in [5.74, 6) is 1.14. The molecule has 4 heteroatoms. The molecule has 3 aliphatic rings. The van der Waals surface area contributed by atoms with Crippen molar-refractivity contribution in [1.29, 1.82) is 0 Å². The van der Waals surface area contributed by atoms with Gasteiger partial charge in [-0.3, -0.25) is 4.79 Å². The maximum atomic E-state index is 12.2. The van der Waals surface area contributed by atoms with Crippen LogP contribution >= 0.6 is 0 Å². The molecule has 0 unspecified atom stereocenters. The molecule has 0 aromatic rings. The lowest BCUT2D eigenvalue weighted by molar-refractivity contribution is -0.130. The van der Waals surface area contributed by atoms with Gasteiger partial charge in [0.05, 0.1) is 0 Å². The Morgan fingerprint density at radius 3 is 2.62 bits per heavy atom. The van der Waals surface area contributed by atoms with Gasteiger partial charge >= 0.3 is 0 Å². The molecule has 1 saturated heterocycles. The SMILES string of the molecule is O=C1CC[C@@H](NCC2(CO)CCCC2)CCN1CC1CC1. The van der Waals surface area contributed by atoms with Gasteiger partial charge in [-0.1, -0.05) is 12.8 Å². The normalized spacial score (nSPS) is 29.7. The second kappa shape index (κ2) is 6.66. The molecule has 4 nitrogen and oxygen atoms in total. The van der Waals surface area contributed by atoms with Crippen LogP contribution in [0.5, 0.6) is 0 Å². The summed E-state index contributed by atoms with van der Waals surface area (Å²) in [4.78, 5) is 14.3. The summed E-state index contributed by atoms with van der Waals surface area (Å²) in [6.07, 6.45) is 10.1. The van der Waals surface area contributed by atoms with Crippen LogP contribution in [0.4, 0.5) is 0 Å². The van der Waals surface area contributed by atoms with Gasteiger partial charge in [-0.15, -0.1) is 0 Å². The molecule has 120 valence electrons. The molecule has 1 atom stereocenters. The van der Waals surface area contributed by atoms with Crippen molar-refractivity contribution in [1.82, 2.24) is 10.2 Å². The van der Waals surface area contributed by atoms with Crippen LogP contribution < -0.4 is 5.32 Å². The van der Waals surface area contributed by atoms with E-state index in [1.54, 1.807) is 0 Å². The molecular formula is C17H30N2O2. The number of hydrogen-bond acceptors (Lipinski definition) is 3. The monoisotopic (exact) mass is 294 g/mol. The second-order valence-electron chi connectivity index (χ2n) is 7.55. The van der Waals surface area contributed by atoms with E-state index in [2.05, 4.69) is 10.2 Å². The average molecular weight is 294 g/mol. The first-order chi connectivity index (χ1) is 10.2. The Bertz CT molecular complexity index is 362. The molecule has 1 amide bonds. The predicted octanol–water partition coefficient (Wildman–Crippen LogP) is 1.92. The standard InChI is InChI=1S/C17H30N2O2/c20-13-17(8-1-2-9-17)12-18-15-5-6-16(21)19(10-7-15)11-14-3-4-14/h14-15,18,20H,1-13H2/t15-/m1/s1. The van der Waals surface area contributed by atoms with Crippen LogP contribution in [0, 0.1) is 11.3 Å². The minimum Gasteiger partial charge on any atom is -0.396 e. The Morgan fingerprint density at radius 1 is 1.19 bits per heavy atom. The number of amides is 1. The number of rotatable bonds is 6.